The van der Waals surface area contributed by atoms with Gasteiger partial charge in [0.2, 0.25) is 0 Å². The third kappa shape index (κ3) is 4.00. The fraction of sp³-hybridized carbons (Fsp3) is 0.438. The molecule has 0 aliphatic rings. The predicted molar refractivity (Wildman–Crippen MR) is 89.1 cm³/mol. The molecule has 0 bridgehead atoms. The molecule has 2 aromatic rings. The maximum absolute atomic E-state index is 6.38. The first-order chi connectivity index (χ1) is 10.0. The number of aryl methyl sites for hydroxylation is 2. The Kier molecular flexibility index (Phi) is 5.68. The second-order valence-electron chi connectivity index (χ2n) is 5.25. The summed E-state index contributed by atoms with van der Waals surface area (Å²) in [5.41, 5.74) is 3.24. The Morgan fingerprint density at radius 1 is 1.33 bits per heavy atom. The van der Waals surface area contributed by atoms with Gasteiger partial charge in [0.05, 0.1) is 15.7 Å². The maximum Gasteiger partial charge on any atom is 0.0640 e. The highest BCUT2D eigenvalue weighted by molar-refractivity contribution is 6.42. The van der Waals surface area contributed by atoms with Gasteiger partial charge in [-0.2, -0.15) is 5.10 Å². The molecule has 0 spiro atoms. The first-order valence-corrected chi connectivity index (χ1v) is 7.95. The normalized spacial score (nSPS) is 12.6. The van der Waals surface area contributed by atoms with Gasteiger partial charge < -0.3 is 5.32 Å². The smallest absolute Gasteiger partial charge is 0.0640 e. The van der Waals surface area contributed by atoms with Gasteiger partial charge in [-0.25, -0.2) is 0 Å². The molecular weight excluding hydrogens is 305 g/mol. The van der Waals surface area contributed by atoms with Crippen molar-refractivity contribution in [1.82, 2.24) is 15.1 Å². The molecular formula is C16H21Cl2N3. The minimum atomic E-state index is 0.131. The number of hydrogen-bond acceptors (Lipinski definition) is 2. The number of nitrogens with one attached hydrogen (secondary N) is 1. The summed E-state index contributed by atoms with van der Waals surface area (Å²) >= 11 is 12.5. The fourth-order valence-corrected chi connectivity index (χ4v) is 2.90. The molecule has 1 N–H and O–H groups in total. The van der Waals surface area contributed by atoms with Crippen LogP contribution in [0.1, 0.15) is 36.3 Å². The van der Waals surface area contributed by atoms with Gasteiger partial charge in [-0.15, -0.1) is 0 Å². The van der Waals surface area contributed by atoms with Gasteiger partial charge in [-0.3, -0.25) is 4.68 Å². The average Bonchev–Trinajstić information content (AvgIpc) is 2.76. The summed E-state index contributed by atoms with van der Waals surface area (Å²) in [6.07, 6.45) is 1.90. The lowest BCUT2D eigenvalue weighted by Gasteiger charge is -2.20. The molecule has 1 aromatic heterocycles. The van der Waals surface area contributed by atoms with E-state index in [1.54, 1.807) is 0 Å². The van der Waals surface area contributed by atoms with E-state index < -0.39 is 0 Å². The van der Waals surface area contributed by atoms with Gasteiger partial charge in [-0.1, -0.05) is 42.3 Å². The van der Waals surface area contributed by atoms with Gasteiger partial charge in [0.25, 0.3) is 0 Å². The summed E-state index contributed by atoms with van der Waals surface area (Å²) in [7, 11) is 1.97. The highest BCUT2D eigenvalue weighted by atomic mass is 35.5. The molecule has 1 atom stereocenters. The first kappa shape index (κ1) is 16.3. The molecule has 1 unspecified atom stereocenters. The Morgan fingerprint density at radius 2 is 2.10 bits per heavy atom. The molecule has 0 saturated carbocycles. The monoisotopic (exact) mass is 325 g/mol. The second-order valence-corrected chi connectivity index (χ2v) is 6.04. The molecule has 0 saturated heterocycles. The summed E-state index contributed by atoms with van der Waals surface area (Å²) in [5, 5.41) is 9.19. The maximum atomic E-state index is 6.38. The summed E-state index contributed by atoms with van der Waals surface area (Å²) in [4.78, 5) is 0. The first-order valence-electron chi connectivity index (χ1n) is 7.19. The molecule has 0 fully saturated rings. The number of hydrogen-bond donors (Lipinski definition) is 1. The van der Waals surface area contributed by atoms with Crippen LogP contribution in [0.2, 0.25) is 10.0 Å². The third-order valence-corrected chi connectivity index (χ3v) is 4.34. The molecule has 21 heavy (non-hydrogen) atoms. The lowest BCUT2D eigenvalue weighted by Crippen LogP contribution is -2.25. The molecule has 0 aliphatic heterocycles. The van der Waals surface area contributed by atoms with Gasteiger partial charge in [0, 0.05) is 25.2 Å². The van der Waals surface area contributed by atoms with E-state index in [0.717, 1.165) is 30.6 Å². The van der Waals surface area contributed by atoms with E-state index in [-0.39, 0.29) is 6.04 Å². The van der Waals surface area contributed by atoms with Crippen molar-refractivity contribution < 1.29 is 0 Å². The minimum absolute atomic E-state index is 0.131. The Labute approximate surface area is 136 Å². The molecule has 0 radical (unpaired) electrons. The summed E-state index contributed by atoms with van der Waals surface area (Å²) in [6.45, 7) is 5.09. The van der Waals surface area contributed by atoms with Crippen LogP contribution in [0.4, 0.5) is 0 Å². The van der Waals surface area contributed by atoms with Crippen LogP contribution in [0, 0.1) is 6.92 Å². The van der Waals surface area contributed by atoms with Crippen LogP contribution >= 0.6 is 23.2 Å². The van der Waals surface area contributed by atoms with E-state index in [9.17, 15) is 0 Å². The van der Waals surface area contributed by atoms with Crippen LogP contribution in [0.3, 0.4) is 0 Å². The summed E-state index contributed by atoms with van der Waals surface area (Å²) < 4.78 is 1.93. The number of rotatable bonds is 6. The van der Waals surface area contributed by atoms with Crippen LogP contribution < -0.4 is 5.32 Å². The van der Waals surface area contributed by atoms with Gasteiger partial charge in [0.15, 0.2) is 0 Å². The van der Waals surface area contributed by atoms with Crippen molar-refractivity contribution in [3.8, 4) is 0 Å². The van der Waals surface area contributed by atoms with E-state index in [4.69, 9.17) is 23.2 Å². The molecule has 0 amide bonds. The number of aromatic nitrogens is 2. The summed E-state index contributed by atoms with van der Waals surface area (Å²) in [5.74, 6) is 0. The highest BCUT2D eigenvalue weighted by Gasteiger charge is 2.18. The predicted octanol–water partition coefficient (Wildman–Crippen LogP) is 4.32. The van der Waals surface area contributed by atoms with E-state index >= 15 is 0 Å². The van der Waals surface area contributed by atoms with Crippen LogP contribution in [0.25, 0.3) is 0 Å². The van der Waals surface area contributed by atoms with Crippen LogP contribution in [-0.2, 0) is 13.5 Å². The summed E-state index contributed by atoms with van der Waals surface area (Å²) in [6, 6.07) is 8.03. The Morgan fingerprint density at radius 3 is 2.71 bits per heavy atom. The van der Waals surface area contributed by atoms with E-state index in [1.165, 1.54) is 5.69 Å². The van der Waals surface area contributed by atoms with Gasteiger partial charge in [0.1, 0.15) is 0 Å². The lowest BCUT2D eigenvalue weighted by molar-refractivity contribution is 0.512. The zero-order valence-electron chi connectivity index (χ0n) is 12.7. The Balaban J connectivity index is 2.29. The van der Waals surface area contributed by atoms with E-state index in [1.807, 2.05) is 36.9 Å². The third-order valence-electron chi connectivity index (χ3n) is 3.51. The molecule has 5 heteroatoms. The lowest BCUT2D eigenvalue weighted by atomic mass is 10.0. The Bertz CT molecular complexity index is 608. The van der Waals surface area contributed by atoms with Crippen molar-refractivity contribution in [2.75, 3.05) is 6.54 Å². The van der Waals surface area contributed by atoms with Crippen molar-refractivity contribution in [2.24, 2.45) is 7.05 Å². The zero-order chi connectivity index (χ0) is 15.4. The SMILES string of the molecule is CCCNC(Cc1cc(C)nn1C)c1cccc(Cl)c1Cl. The quantitative estimate of drug-likeness (QED) is 0.857. The second kappa shape index (κ2) is 7.30. The highest BCUT2D eigenvalue weighted by Crippen LogP contribution is 2.31. The van der Waals surface area contributed by atoms with E-state index in [2.05, 4.69) is 23.4 Å². The average molecular weight is 326 g/mol. The number of benzene rings is 1. The topological polar surface area (TPSA) is 29.9 Å². The van der Waals surface area contributed by atoms with Crippen LogP contribution in [-0.4, -0.2) is 16.3 Å². The number of nitrogens with zero attached hydrogens (tertiary/aromatic N) is 2. The van der Waals surface area contributed by atoms with Crippen LogP contribution in [0.15, 0.2) is 24.3 Å². The molecule has 2 rings (SSSR count). The fourth-order valence-electron chi connectivity index (χ4n) is 2.46. The van der Waals surface area contributed by atoms with Crippen LogP contribution in [0.5, 0.6) is 0 Å². The Hall–Kier alpha value is -1.03. The number of halogens is 2. The molecule has 3 nitrogen and oxygen atoms in total. The molecule has 1 aromatic carbocycles. The minimum Gasteiger partial charge on any atom is -0.310 e. The largest absolute Gasteiger partial charge is 0.310 e. The van der Waals surface area contributed by atoms with Crippen molar-refractivity contribution in [1.29, 1.82) is 0 Å². The van der Waals surface area contributed by atoms with Crippen molar-refractivity contribution in [2.45, 2.75) is 32.7 Å². The molecule has 114 valence electrons. The molecule has 0 aliphatic carbocycles. The van der Waals surface area contributed by atoms with Gasteiger partial charge >= 0.3 is 0 Å². The zero-order valence-corrected chi connectivity index (χ0v) is 14.2. The van der Waals surface area contributed by atoms with E-state index in [0.29, 0.717) is 10.0 Å². The molecule has 1 heterocycles. The van der Waals surface area contributed by atoms with Crippen molar-refractivity contribution >= 4 is 23.2 Å². The van der Waals surface area contributed by atoms with Gasteiger partial charge in [-0.05, 0) is 37.6 Å². The standard InChI is InChI=1S/C16H21Cl2N3/c1-4-8-19-15(10-12-9-11(2)20-21(12)3)13-6-5-7-14(17)16(13)18/h5-7,9,15,19H,4,8,10H2,1-3H3. The van der Waals surface area contributed by atoms with Crippen molar-refractivity contribution in [3.63, 3.8) is 0 Å². The van der Waals surface area contributed by atoms with Crippen molar-refractivity contribution in [3.05, 3.63) is 51.3 Å².